The zero-order valence-corrected chi connectivity index (χ0v) is 21.0. The number of aromatic amines is 1. The maximum absolute atomic E-state index is 12.6. The molecular formula is C27H34N6O3. The number of benzene rings is 1. The van der Waals surface area contributed by atoms with Crippen LogP contribution in [0, 0.1) is 6.92 Å². The van der Waals surface area contributed by atoms with Crippen LogP contribution in [-0.4, -0.2) is 66.8 Å². The van der Waals surface area contributed by atoms with Crippen LogP contribution in [0.3, 0.4) is 0 Å². The van der Waals surface area contributed by atoms with E-state index in [1.807, 2.05) is 25.8 Å². The maximum atomic E-state index is 12.6. The largest absolute Gasteiger partial charge is 0.384 e. The number of aromatic nitrogens is 2. The minimum Gasteiger partial charge on any atom is -0.384 e. The standard InChI is InChI=1S/C26H32N6O2.CH2O/c1-3-27-25(33)19-6-7-22(29-15-19)32-11-9-31(10-12-32)16-18-13-17(2)23-21(14-18)30-26(34)20-5-4-8-28-24(20)23;1-2/h6-7,13-15,28H,3-5,8-12,16H2,1-2H3,(H,27,33)(H,30,34);1H2. The number of amides is 1. The highest BCUT2D eigenvalue weighted by atomic mass is 16.1. The van der Waals surface area contributed by atoms with Crippen molar-refractivity contribution < 1.29 is 9.59 Å². The van der Waals surface area contributed by atoms with E-state index in [0.717, 1.165) is 80.1 Å². The molecule has 0 unspecified atom stereocenters. The molecule has 3 N–H and O–H groups in total. The zero-order chi connectivity index (χ0) is 25.7. The summed E-state index contributed by atoms with van der Waals surface area (Å²) in [5.41, 5.74) is 5.87. The molecule has 3 aromatic rings. The number of carbonyl (C=O) groups excluding carboxylic acids is 2. The van der Waals surface area contributed by atoms with Gasteiger partial charge < -0.3 is 25.3 Å². The van der Waals surface area contributed by atoms with Gasteiger partial charge in [0.1, 0.15) is 12.6 Å². The molecule has 4 heterocycles. The Balaban J connectivity index is 0.00000148. The predicted octanol–water partition coefficient (Wildman–Crippen LogP) is 2.48. The summed E-state index contributed by atoms with van der Waals surface area (Å²) < 4.78 is 0. The van der Waals surface area contributed by atoms with Gasteiger partial charge in [-0.2, -0.15) is 0 Å². The van der Waals surface area contributed by atoms with Crippen LogP contribution < -0.4 is 21.1 Å². The molecule has 2 aliphatic rings. The summed E-state index contributed by atoms with van der Waals surface area (Å²) in [6.07, 6.45) is 3.49. The summed E-state index contributed by atoms with van der Waals surface area (Å²) in [5.74, 6) is 0.818. The average Bonchev–Trinajstić information content (AvgIpc) is 2.90. The molecule has 2 aromatic heterocycles. The molecule has 0 aliphatic carbocycles. The van der Waals surface area contributed by atoms with Gasteiger partial charge in [0.15, 0.2) is 0 Å². The third-order valence-electron chi connectivity index (χ3n) is 6.82. The first-order valence-corrected chi connectivity index (χ1v) is 12.5. The van der Waals surface area contributed by atoms with E-state index in [-0.39, 0.29) is 11.5 Å². The number of hydrogen-bond acceptors (Lipinski definition) is 7. The van der Waals surface area contributed by atoms with E-state index in [2.05, 4.69) is 49.5 Å². The Labute approximate surface area is 210 Å². The highest BCUT2D eigenvalue weighted by Crippen LogP contribution is 2.31. The number of pyridine rings is 2. The second-order valence-electron chi connectivity index (χ2n) is 9.20. The lowest BCUT2D eigenvalue weighted by Crippen LogP contribution is -2.46. The molecule has 1 amide bonds. The molecule has 1 aromatic carbocycles. The Hall–Kier alpha value is -3.72. The van der Waals surface area contributed by atoms with Crippen LogP contribution in [0.2, 0.25) is 0 Å². The molecule has 0 atom stereocenters. The topological polar surface area (TPSA) is 110 Å². The molecule has 0 bridgehead atoms. The number of nitrogens with one attached hydrogen (secondary N) is 3. The summed E-state index contributed by atoms with van der Waals surface area (Å²) in [4.78, 5) is 44.9. The molecule has 36 heavy (non-hydrogen) atoms. The van der Waals surface area contributed by atoms with Crippen molar-refractivity contribution in [2.45, 2.75) is 33.2 Å². The van der Waals surface area contributed by atoms with Crippen LogP contribution in [0.5, 0.6) is 0 Å². The SMILES string of the molecule is C=O.CCNC(=O)c1ccc(N2CCN(Cc3cc(C)c4c5c(c(=O)[nH]c4c3)CCCN5)CC2)nc1. The Morgan fingerprint density at radius 2 is 1.94 bits per heavy atom. The van der Waals surface area contributed by atoms with Gasteiger partial charge in [-0.15, -0.1) is 0 Å². The molecule has 1 saturated heterocycles. The third-order valence-corrected chi connectivity index (χ3v) is 6.82. The van der Waals surface area contributed by atoms with Crippen LogP contribution >= 0.6 is 0 Å². The Bertz CT molecular complexity index is 1280. The van der Waals surface area contributed by atoms with E-state index >= 15 is 0 Å². The van der Waals surface area contributed by atoms with Gasteiger partial charge in [0.05, 0.1) is 16.8 Å². The molecule has 0 spiro atoms. The molecule has 0 saturated carbocycles. The van der Waals surface area contributed by atoms with Gasteiger partial charge in [0, 0.05) is 63.0 Å². The monoisotopic (exact) mass is 490 g/mol. The lowest BCUT2D eigenvalue weighted by molar-refractivity contribution is -0.0980. The summed E-state index contributed by atoms with van der Waals surface area (Å²) >= 11 is 0. The fourth-order valence-corrected chi connectivity index (χ4v) is 5.12. The van der Waals surface area contributed by atoms with Crippen molar-refractivity contribution in [3.8, 4) is 0 Å². The number of H-pyrrole nitrogens is 1. The van der Waals surface area contributed by atoms with Gasteiger partial charge in [0.2, 0.25) is 0 Å². The third kappa shape index (κ3) is 5.26. The van der Waals surface area contributed by atoms with E-state index in [4.69, 9.17) is 4.79 Å². The fraction of sp³-hybridized carbons (Fsp3) is 0.407. The molecule has 9 nitrogen and oxygen atoms in total. The number of carbonyl (C=O) groups is 2. The van der Waals surface area contributed by atoms with Crippen LogP contribution in [0.4, 0.5) is 11.5 Å². The predicted molar refractivity (Wildman–Crippen MR) is 143 cm³/mol. The number of rotatable bonds is 5. The van der Waals surface area contributed by atoms with Crippen molar-refractivity contribution in [2.75, 3.05) is 49.5 Å². The summed E-state index contributed by atoms with van der Waals surface area (Å²) in [6, 6.07) is 8.16. The smallest absolute Gasteiger partial charge is 0.253 e. The second-order valence-corrected chi connectivity index (χ2v) is 9.20. The first-order chi connectivity index (χ1) is 17.5. The first-order valence-electron chi connectivity index (χ1n) is 12.5. The number of hydrogen-bond donors (Lipinski definition) is 3. The minimum atomic E-state index is -0.0883. The van der Waals surface area contributed by atoms with Crippen LogP contribution in [0.15, 0.2) is 35.3 Å². The Morgan fingerprint density at radius 3 is 2.64 bits per heavy atom. The number of nitrogens with zero attached hydrogens (tertiary/aromatic N) is 3. The van der Waals surface area contributed by atoms with Gasteiger partial charge in [-0.3, -0.25) is 14.5 Å². The van der Waals surface area contributed by atoms with Crippen LogP contribution in [0.25, 0.3) is 10.9 Å². The van der Waals surface area contributed by atoms with E-state index in [1.54, 1.807) is 6.20 Å². The van der Waals surface area contributed by atoms with Gasteiger partial charge >= 0.3 is 0 Å². The summed E-state index contributed by atoms with van der Waals surface area (Å²) in [5, 5.41) is 7.40. The van der Waals surface area contributed by atoms with Crippen molar-refractivity contribution in [3.63, 3.8) is 0 Å². The average molecular weight is 491 g/mol. The lowest BCUT2D eigenvalue weighted by atomic mass is 9.97. The van der Waals surface area contributed by atoms with Crippen molar-refractivity contribution in [3.05, 3.63) is 63.1 Å². The molecule has 190 valence electrons. The Kier molecular flexibility index (Phi) is 8.00. The van der Waals surface area contributed by atoms with E-state index in [1.165, 1.54) is 11.1 Å². The van der Waals surface area contributed by atoms with Gasteiger partial charge in [-0.05, 0) is 56.0 Å². The molecule has 5 rings (SSSR count). The van der Waals surface area contributed by atoms with Crippen molar-refractivity contribution in [2.24, 2.45) is 0 Å². The van der Waals surface area contributed by atoms with Crippen LogP contribution in [-0.2, 0) is 17.8 Å². The molecule has 1 fully saturated rings. The molecule has 9 heteroatoms. The quantitative estimate of drug-likeness (QED) is 0.504. The first kappa shape index (κ1) is 25.4. The molecular weight excluding hydrogens is 456 g/mol. The Morgan fingerprint density at radius 1 is 1.17 bits per heavy atom. The fourth-order valence-electron chi connectivity index (χ4n) is 5.12. The number of aryl methyl sites for hydroxylation is 1. The van der Waals surface area contributed by atoms with E-state index < -0.39 is 0 Å². The lowest BCUT2D eigenvalue weighted by Gasteiger charge is -2.35. The van der Waals surface area contributed by atoms with E-state index in [9.17, 15) is 9.59 Å². The van der Waals surface area contributed by atoms with Crippen molar-refractivity contribution >= 4 is 35.1 Å². The summed E-state index contributed by atoms with van der Waals surface area (Å²) in [7, 11) is 0. The highest BCUT2D eigenvalue weighted by molar-refractivity contribution is 5.96. The maximum Gasteiger partial charge on any atom is 0.253 e. The number of fused-ring (bicyclic) bond motifs is 3. The zero-order valence-electron chi connectivity index (χ0n) is 21.0. The molecule has 0 radical (unpaired) electrons. The highest BCUT2D eigenvalue weighted by Gasteiger charge is 2.21. The van der Waals surface area contributed by atoms with Gasteiger partial charge in [0.25, 0.3) is 11.5 Å². The molecule has 2 aliphatic heterocycles. The van der Waals surface area contributed by atoms with E-state index in [0.29, 0.717) is 12.1 Å². The number of piperazine rings is 1. The minimum absolute atomic E-state index is 0.0329. The second kappa shape index (κ2) is 11.3. The summed E-state index contributed by atoms with van der Waals surface area (Å²) in [6.45, 7) is 12.0. The van der Waals surface area contributed by atoms with Crippen LogP contribution in [0.1, 0.15) is 40.4 Å². The number of anilines is 2. The van der Waals surface area contributed by atoms with Crippen molar-refractivity contribution in [1.29, 1.82) is 0 Å². The van der Waals surface area contributed by atoms with Crippen molar-refractivity contribution in [1.82, 2.24) is 20.2 Å². The van der Waals surface area contributed by atoms with Gasteiger partial charge in [-0.25, -0.2) is 4.98 Å². The van der Waals surface area contributed by atoms with Gasteiger partial charge in [-0.1, -0.05) is 6.07 Å². The normalized spacial score (nSPS) is 15.4.